The van der Waals surface area contributed by atoms with E-state index in [1.807, 2.05) is 66.2 Å². The van der Waals surface area contributed by atoms with Crippen molar-refractivity contribution in [2.45, 2.75) is 39.8 Å². The van der Waals surface area contributed by atoms with Gasteiger partial charge in [-0.05, 0) is 51.1 Å². The fraction of sp³-hybridized carbons (Fsp3) is 0.370. The molecule has 6 nitrogen and oxygen atoms in total. The van der Waals surface area contributed by atoms with Crippen molar-refractivity contribution >= 4 is 0 Å². The molecule has 1 unspecified atom stereocenters. The molecule has 33 heavy (non-hydrogen) atoms. The Balaban J connectivity index is 1.90. The highest BCUT2D eigenvalue weighted by molar-refractivity contribution is 5.43. The lowest BCUT2D eigenvalue weighted by molar-refractivity contribution is 0.0244. The zero-order chi connectivity index (χ0) is 23.6. The van der Waals surface area contributed by atoms with Crippen LogP contribution >= 0.6 is 0 Å². The van der Waals surface area contributed by atoms with E-state index in [0.29, 0.717) is 25.6 Å². The summed E-state index contributed by atoms with van der Waals surface area (Å²) in [6.45, 7) is 12.5. The van der Waals surface area contributed by atoms with E-state index in [1.54, 1.807) is 6.08 Å². The molecule has 0 aliphatic rings. The molecule has 1 atom stereocenters. The molecule has 0 aliphatic heterocycles. The Morgan fingerprint density at radius 2 is 1.85 bits per heavy atom. The Labute approximate surface area is 197 Å². The lowest BCUT2D eigenvalue weighted by atomic mass is 10.2. The van der Waals surface area contributed by atoms with E-state index in [0.717, 1.165) is 35.7 Å². The van der Waals surface area contributed by atoms with Gasteiger partial charge in [0.05, 0.1) is 36.3 Å². The first-order chi connectivity index (χ1) is 16.0. The molecule has 3 aromatic rings. The van der Waals surface area contributed by atoms with E-state index in [9.17, 15) is 5.11 Å². The van der Waals surface area contributed by atoms with Crippen LogP contribution in [0.15, 0.2) is 67.3 Å². The zero-order valence-corrected chi connectivity index (χ0v) is 19.9. The number of rotatable bonds is 13. The van der Waals surface area contributed by atoms with Gasteiger partial charge in [0.1, 0.15) is 5.75 Å². The summed E-state index contributed by atoms with van der Waals surface area (Å²) in [4.78, 5) is 2.23. The van der Waals surface area contributed by atoms with Crippen LogP contribution in [-0.4, -0.2) is 52.2 Å². The summed E-state index contributed by atoms with van der Waals surface area (Å²) in [6, 6.07) is 18.0. The topological polar surface area (TPSA) is 59.8 Å². The summed E-state index contributed by atoms with van der Waals surface area (Å²) in [5, 5.41) is 15.3. The molecular formula is C27H35N3O3. The van der Waals surface area contributed by atoms with Gasteiger partial charge in [0.15, 0.2) is 0 Å². The van der Waals surface area contributed by atoms with Crippen LogP contribution < -0.4 is 4.74 Å². The van der Waals surface area contributed by atoms with E-state index in [1.165, 1.54) is 5.56 Å². The molecule has 1 aromatic heterocycles. The minimum Gasteiger partial charge on any atom is -0.439 e. The summed E-state index contributed by atoms with van der Waals surface area (Å²) in [5.41, 5.74) is 4.03. The predicted molar refractivity (Wildman–Crippen MR) is 132 cm³/mol. The predicted octanol–water partition coefficient (Wildman–Crippen LogP) is 5.06. The van der Waals surface area contributed by atoms with Crippen LogP contribution in [0.5, 0.6) is 11.6 Å². The molecule has 2 aromatic carbocycles. The fourth-order valence-electron chi connectivity index (χ4n) is 3.70. The van der Waals surface area contributed by atoms with Crippen molar-refractivity contribution in [1.29, 1.82) is 0 Å². The third-order valence-electron chi connectivity index (χ3n) is 5.31. The molecule has 0 radical (unpaired) electrons. The molecule has 0 amide bonds. The molecule has 0 aliphatic carbocycles. The second-order valence-electron chi connectivity index (χ2n) is 8.25. The van der Waals surface area contributed by atoms with Crippen LogP contribution in [-0.2, 0) is 11.3 Å². The van der Waals surface area contributed by atoms with Gasteiger partial charge in [-0.2, -0.15) is 5.10 Å². The normalized spacial score (nSPS) is 12.2. The van der Waals surface area contributed by atoms with Gasteiger partial charge >= 0.3 is 0 Å². The number of para-hydroxylation sites is 1. The number of aryl methyl sites for hydroxylation is 2. The molecular weight excluding hydrogens is 414 g/mol. The summed E-state index contributed by atoms with van der Waals surface area (Å²) in [5.74, 6) is 1.46. The first kappa shape index (κ1) is 24.7. The Morgan fingerprint density at radius 3 is 2.52 bits per heavy atom. The molecule has 1 N–H and O–H groups in total. The summed E-state index contributed by atoms with van der Waals surface area (Å²) >= 11 is 0. The fourth-order valence-corrected chi connectivity index (χ4v) is 3.70. The largest absolute Gasteiger partial charge is 0.439 e. The van der Waals surface area contributed by atoms with Crippen molar-refractivity contribution in [3.05, 3.63) is 84.1 Å². The number of ether oxygens (including phenoxy) is 2. The van der Waals surface area contributed by atoms with Crippen molar-refractivity contribution in [2.24, 2.45) is 0 Å². The Kier molecular flexibility index (Phi) is 9.24. The monoisotopic (exact) mass is 449 g/mol. The lowest BCUT2D eigenvalue weighted by Crippen LogP contribution is -2.35. The highest BCUT2D eigenvalue weighted by Gasteiger charge is 2.22. The van der Waals surface area contributed by atoms with Gasteiger partial charge in [-0.15, -0.1) is 6.58 Å². The molecule has 0 bridgehead atoms. The summed E-state index contributed by atoms with van der Waals surface area (Å²) in [6.07, 6.45) is 2.08. The maximum Gasteiger partial charge on any atom is 0.227 e. The van der Waals surface area contributed by atoms with Gasteiger partial charge in [-0.3, -0.25) is 4.90 Å². The van der Waals surface area contributed by atoms with Gasteiger partial charge in [0.25, 0.3) is 0 Å². The molecule has 176 valence electrons. The number of benzene rings is 2. The SMILES string of the molecule is C=CCOCC(O)CN(CCC)Cc1c(C)nn(-c2ccccc2)c1Oc1ccc(C)cc1. The average molecular weight is 450 g/mol. The first-order valence-corrected chi connectivity index (χ1v) is 11.5. The third kappa shape index (κ3) is 7.02. The van der Waals surface area contributed by atoms with Crippen molar-refractivity contribution in [2.75, 3.05) is 26.3 Å². The molecule has 0 spiro atoms. The van der Waals surface area contributed by atoms with Gasteiger partial charge in [-0.1, -0.05) is 48.9 Å². The Bertz CT molecular complexity index is 999. The summed E-state index contributed by atoms with van der Waals surface area (Å²) in [7, 11) is 0. The third-order valence-corrected chi connectivity index (χ3v) is 5.31. The molecule has 0 saturated heterocycles. The van der Waals surface area contributed by atoms with E-state index in [2.05, 4.69) is 25.3 Å². The second-order valence-corrected chi connectivity index (χ2v) is 8.25. The van der Waals surface area contributed by atoms with Crippen LogP contribution in [0.2, 0.25) is 0 Å². The van der Waals surface area contributed by atoms with Crippen LogP contribution in [0.3, 0.4) is 0 Å². The van der Waals surface area contributed by atoms with Crippen molar-refractivity contribution < 1.29 is 14.6 Å². The number of nitrogens with zero attached hydrogens (tertiary/aromatic N) is 3. The minimum absolute atomic E-state index is 0.279. The average Bonchev–Trinajstić information content (AvgIpc) is 3.11. The van der Waals surface area contributed by atoms with E-state index < -0.39 is 6.10 Å². The number of hydrogen-bond acceptors (Lipinski definition) is 5. The lowest BCUT2D eigenvalue weighted by Gasteiger charge is -2.25. The van der Waals surface area contributed by atoms with Crippen LogP contribution in [0, 0.1) is 13.8 Å². The van der Waals surface area contributed by atoms with Gasteiger partial charge in [-0.25, -0.2) is 4.68 Å². The number of aliphatic hydroxyl groups is 1. The zero-order valence-electron chi connectivity index (χ0n) is 19.9. The first-order valence-electron chi connectivity index (χ1n) is 11.5. The Hall–Kier alpha value is -2.93. The molecule has 0 saturated carbocycles. The summed E-state index contributed by atoms with van der Waals surface area (Å²) < 4.78 is 13.7. The minimum atomic E-state index is -0.581. The van der Waals surface area contributed by atoms with E-state index >= 15 is 0 Å². The van der Waals surface area contributed by atoms with Crippen LogP contribution in [0.25, 0.3) is 5.69 Å². The molecule has 0 fully saturated rings. The van der Waals surface area contributed by atoms with Gasteiger partial charge < -0.3 is 14.6 Å². The quantitative estimate of drug-likeness (QED) is 0.292. The Morgan fingerprint density at radius 1 is 1.12 bits per heavy atom. The second kappa shape index (κ2) is 12.3. The smallest absolute Gasteiger partial charge is 0.227 e. The maximum absolute atomic E-state index is 10.5. The highest BCUT2D eigenvalue weighted by atomic mass is 16.5. The number of aromatic nitrogens is 2. The van der Waals surface area contributed by atoms with Crippen LogP contribution in [0.4, 0.5) is 0 Å². The number of hydrogen-bond donors (Lipinski definition) is 1. The standard InChI is InChI=1S/C27H35N3O3/c1-5-16-29(18-24(31)20-32-17-6-2)19-26-22(4)28-30(23-10-8-7-9-11-23)27(26)33-25-14-12-21(3)13-15-25/h6-15,24,31H,2,5,16-20H2,1,3-4H3. The molecule has 6 heteroatoms. The van der Waals surface area contributed by atoms with Crippen molar-refractivity contribution in [3.8, 4) is 17.3 Å². The van der Waals surface area contributed by atoms with E-state index in [4.69, 9.17) is 14.6 Å². The maximum atomic E-state index is 10.5. The van der Waals surface area contributed by atoms with Gasteiger partial charge in [0, 0.05) is 13.1 Å². The van der Waals surface area contributed by atoms with Gasteiger partial charge in [0.2, 0.25) is 5.88 Å². The number of aliphatic hydroxyl groups excluding tert-OH is 1. The van der Waals surface area contributed by atoms with E-state index in [-0.39, 0.29) is 6.61 Å². The molecule has 3 rings (SSSR count). The highest BCUT2D eigenvalue weighted by Crippen LogP contribution is 2.31. The van der Waals surface area contributed by atoms with Crippen LogP contribution in [0.1, 0.15) is 30.2 Å². The van der Waals surface area contributed by atoms with Crippen molar-refractivity contribution in [3.63, 3.8) is 0 Å². The molecule has 1 heterocycles. The van der Waals surface area contributed by atoms with Crippen molar-refractivity contribution in [1.82, 2.24) is 14.7 Å².